The maximum Gasteiger partial charge on any atom is 0.246 e. The topological polar surface area (TPSA) is 88.4 Å². The number of aliphatic hydroxyl groups is 1. The molecule has 140 valence electrons. The number of nitrogens with one attached hydrogen (secondary N) is 2. The largest absolute Gasteiger partial charge is 0.488 e. The molecule has 1 amide bonds. The Morgan fingerprint density at radius 2 is 2.04 bits per heavy atom. The zero-order valence-electron chi connectivity index (χ0n) is 15.2. The molecular weight excluding hydrogens is 332 g/mol. The second kappa shape index (κ2) is 8.33. The number of anilines is 1. The molecular formula is C19H26N4O3. The van der Waals surface area contributed by atoms with Gasteiger partial charge in [-0.2, -0.15) is 5.10 Å². The van der Waals surface area contributed by atoms with E-state index in [1.807, 2.05) is 25.4 Å². The van der Waals surface area contributed by atoms with Gasteiger partial charge in [0.25, 0.3) is 0 Å². The highest BCUT2D eigenvalue weighted by atomic mass is 16.5. The van der Waals surface area contributed by atoms with Gasteiger partial charge in [0.1, 0.15) is 17.9 Å². The smallest absolute Gasteiger partial charge is 0.246 e. The first-order valence-electron chi connectivity index (χ1n) is 8.98. The molecule has 3 rings (SSSR count). The number of hydrogen-bond donors (Lipinski definition) is 3. The van der Waals surface area contributed by atoms with Crippen molar-refractivity contribution in [2.24, 2.45) is 7.05 Å². The van der Waals surface area contributed by atoms with Crippen LogP contribution in [0.25, 0.3) is 0 Å². The van der Waals surface area contributed by atoms with Gasteiger partial charge in [0.15, 0.2) is 0 Å². The molecule has 1 saturated carbocycles. The lowest BCUT2D eigenvalue weighted by atomic mass is 9.95. The third-order valence-corrected chi connectivity index (χ3v) is 4.69. The summed E-state index contributed by atoms with van der Waals surface area (Å²) in [6, 6.07) is 6.76. The Hall–Kier alpha value is -2.38. The van der Waals surface area contributed by atoms with Crippen LogP contribution in [0.3, 0.4) is 0 Å². The van der Waals surface area contributed by atoms with Crippen LogP contribution in [0.15, 0.2) is 36.7 Å². The second-order valence-electron chi connectivity index (χ2n) is 6.69. The first kappa shape index (κ1) is 18.4. The Labute approximate surface area is 153 Å². The summed E-state index contributed by atoms with van der Waals surface area (Å²) >= 11 is 0. The van der Waals surface area contributed by atoms with Gasteiger partial charge >= 0.3 is 0 Å². The normalized spacial score (nSPS) is 21.2. The number of carbonyl (C=O) groups excluding carboxylic acids is 1. The Morgan fingerprint density at radius 3 is 2.65 bits per heavy atom. The van der Waals surface area contributed by atoms with Crippen molar-refractivity contribution in [3.05, 3.63) is 42.2 Å². The summed E-state index contributed by atoms with van der Waals surface area (Å²) in [7, 11) is 3.56. The third kappa shape index (κ3) is 4.42. The third-order valence-electron chi connectivity index (χ3n) is 4.69. The Kier molecular flexibility index (Phi) is 5.90. The number of aryl methyl sites for hydroxylation is 1. The van der Waals surface area contributed by atoms with Gasteiger partial charge in [-0.25, -0.2) is 0 Å². The monoisotopic (exact) mass is 358 g/mol. The van der Waals surface area contributed by atoms with Crippen molar-refractivity contribution in [2.75, 3.05) is 12.4 Å². The van der Waals surface area contributed by atoms with Gasteiger partial charge < -0.3 is 20.5 Å². The van der Waals surface area contributed by atoms with Gasteiger partial charge in [0.05, 0.1) is 12.3 Å². The fourth-order valence-corrected chi connectivity index (χ4v) is 3.26. The zero-order chi connectivity index (χ0) is 18.5. The Morgan fingerprint density at radius 1 is 1.31 bits per heavy atom. The van der Waals surface area contributed by atoms with E-state index in [0.29, 0.717) is 11.4 Å². The minimum absolute atomic E-state index is 0.150. The van der Waals surface area contributed by atoms with Crippen molar-refractivity contribution in [1.29, 1.82) is 0 Å². The average molecular weight is 358 g/mol. The lowest BCUT2D eigenvalue weighted by molar-refractivity contribution is -0.118. The molecule has 26 heavy (non-hydrogen) atoms. The summed E-state index contributed by atoms with van der Waals surface area (Å²) < 4.78 is 7.55. The highest BCUT2D eigenvalue weighted by Crippen LogP contribution is 2.25. The summed E-state index contributed by atoms with van der Waals surface area (Å²) in [5.74, 6) is 0.545. The molecule has 0 saturated heterocycles. The summed E-state index contributed by atoms with van der Waals surface area (Å²) in [4.78, 5) is 12.5. The Balaban J connectivity index is 1.60. The first-order chi connectivity index (χ1) is 12.6. The van der Waals surface area contributed by atoms with Crippen LogP contribution in [-0.4, -0.2) is 40.0 Å². The molecule has 0 radical (unpaired) electrons. The van der Waals surface area contributed by atoms with E-state index in [0.717, 1.165) is 31.2 Å². The molecule has 0 bridgehead atoms. The summed E-state index contributed by atoms with van der Waals surface area (Å²) in [5, 5.41) is 20.0. The average Bonchev–Trinajstić information content (AvgIpc) is 3.05. The van der Waals surface area contributed by atoms with Crippen molar-refractivity contribution in [3.63, 3.8) is 0 Å². The van der Waals surface area contributed by atoms with Crippen LogP contribution in [0.4, 0.5) is 5.69 Å². The molecule has 1 aliphatic rings. The molecule has 3 atom stereocenters. The van der Waals surface area contributed by atoms with Crippen molar-refractivity contribution < 1.29 is 14.6 Å². The summed E-state index contributed by atoms with van der Waals surface area (Å²) in [6.07, 6.45) is 6.72. The van der Waals surface area contributed by atoms with Crippen molar-refractivity contribution >= 4 is 11.6 Å². The fourth-order valence-electron chi connectivity index (χ4n) is 3.26. The van der Waals surface area contributed by atoms with E-state index in [2.05, 4.69) is 15.7 Å². The number of aromatic nitrogens is 2. The molecule has 1 aromatic carbocycles. The molecule has 1 aromatic heterocycles. The lowest BCUT2D eigenvalue weighted by Gasteiger charge is -2.28. The molecule has 3 N–H and O–H groups in total. The van der Waals surface area contributed by atoms with Crippen molar-refractivity contribution in [1.82, 2.24) is 15.1 Å². The summed E-state index contributed by atoms with van der Waals surface area (Å²) in [6.45, 7) is 0. The first-order valence-corrected chi connectivity index (χ1v) is 8.98. The number of aliphatic hydroxyl groups excluding tert-OH is 1. The number of benzene rings is 1. The van der Waals surface area contributed by atoms with E-state index in [1.54, 1.807) is 30.1 Å². The van der Waals surface area contributed by atoms with E-state index in [4.69, 9.17) is 4.74 Å². The molecule has 1 heterocycles. The maximum atomic E-state index is 12.5. The van der Waals surface area contributed by atoms with E-state index in [9.17, 15) is 9.90 Å². The van der Waals surface area contributed by atoms with Crippen LogP contribution in [0.5, 0.6) is 5.75 Å². The van der Waals surface area contributed by atoms with E-state index in [-0.39, 0.29) is 12.0 Å². The minimum atomic E-state index is -0.475. The fraction of sp³-hybridized carbons (Fsp3) is 0.474. The van der Waals surface area contributed by atoms with Gasteiger partial charge in [0, 0.05) is 24.5 Å². The number of nitrogens with zero attached hydrogens (tertiary/aromatic N) is 2. The number of amides is 1. The van der Waals surface area contributed by atoms with Crippen molar-refractivity contribution in [2.45, 2.75) is 43.9 Å². The van der Waals surface area contributed by atoms with Gasteiger partial charge in [0.2, 0.25) is 5.91 Å². The molecule has 2 aromatic rings. The van der Waals surface area contributed by atoms with E-state index >= 15 is 0 Å². The van der Waals surface area contributed by atoms with Gasteiger partial charge in [-0.1, -0.05) is 6.42 Å². The van der Waals surface area contributed by atoms with Crippen LogP contribution in [0.2, 0.25) is 0 Å². The predicted molar refractivity (Wildman–Crippen MR) is 99.0 cm³/mol. The SMILES string of the molecule is CNC(C(=O)Nc1ccc(OC2CCCCC2O)cc1)c1cnn(C)c1. The number of rotatable bonds is 6. The molecule has 3 unspecified atom stereocenters. The molecule has 0 spiro atoms. The minimum Gasteiger partial charge on any atom is -0.488 e. The highest BCUT2D eigenvalue weighted by molar-refractivity contribution is 5.95. The molecule has 1 fully saturated rings. The molecule has 1 aliphatic carbocycles. The van der Waals surface area contributed by atoms with Crippen LogP contribution in [0, 0.1) is 0 Å². The summed E-state index contributed by atoms with van der Waals surface area (Å²) in [5.41, 5.74) is 1.49. The number of hydrogen-bond acceptors (Lipinski definition) is 5. The van der Waals surface area contributed by atoms with Crippen LogP contribution >= 0.6 is 0 Å². The molecule has 7 heteroatoms. The van der Waals surface area contributed by atoms with Gasteiger partial charge in [-0.3, -0.25) is 9.48 Å². The Bertz CT molecular complexity index is 729. The van der Waals surface area contributed by atoms with Gasteiger partial charge in [-0.15, -0.1) is 0 Å². The van der Waals surface area contributed by atoms with E-state index in [1.165, 1.54) is 0 Å². The number of likely N-dealkylation sites (N-methyl/N-ethyl adjacent to an activating group) is 1. The quantitative estimate of drug-likeness (QED) is 0.735. The van der Waals surface area contributed by atoms with Crippen LogP contribution in [-0.2, 0) is 11.8 Å². The van der Waals surface area contributed by atoms with Gasteiger partial charge in [-0.05, 0) is 50.6 Å². The van der Waals surface area contributed by atoms with Crippen LogP contribution in [0.1, 0.15) is 37.3 Å². The second-order valence-corrected chi connectivity index (χ2v) is 6.69. The standard InChI is InChI=1S/C19H26N4O3/c1-20-18(13-11-21-23(2)12-13)19(25)22-14-7-9-15(10-8-14)26-17-6-4-3-5-16(17)24/h7-12,16-18,20,24H,3-6H2,1-2H3,(H,22,25). The van der Waals surface area contributed by atoms with Crippen LogP contribution < -0.4 is 15.4 Å². The highest BCUT2D eigenvalue weighted by Gasteiger charge is 2.24. The molecule has 7 nitrogen and oxygen atoms in total. The lowest BCUT2D eigenvalue weighted by Crippen LogP contribution is -2.34. The number of ether oxygens (including phenoxy) is 1. The maximum absolute atomic E-state index is 12.5. The molecule has 0 aliphatic heterocycles. The van der Waals surface area contributed by atoms with Crippen molar-refractivity contribution in [3.8, 4) is 5.75 Å². The number of carbonyl (C=O) groups is 1. The zero-order valence-corrected chi connectivity index (χ0v) is 15.2. The predicted octanol–water partition coefficient (Wildman–Crippen LogP) is 2.00. The van der Waals surface area contributed by atoms with E-state index < -0.39 is 12.1 Å².